The lowest BCUT2D eigenvalue weighted by molar-refractivity contribution is -0.116. The second-order valence-corrected chi connectivity index (χ2v) is 4.72. The van der Waals surface area contributed by atoms with E-state index >= 15 is 0 Å². The lowest BCUT2D eigenvalue weighted by Crippen LogP contribution is -2.18. The number of nitrogens with two attached hydrogens (primary N) is 1. The number of carboxylic acid groups (broad SMARTS) is 1. The van der Waals surface area contributed by atoms with Gasteiger partial charge in [0.25, 0.3) is 0 Å². The minimum atomic E-state index is -1.07. The molecule has 6 nitrogen and oxygen atoms in total. The van der Waals surface area contributed by atoms with Crippen LogP contribution in [0.15, 0.2) is 24.4 Å². The van der Waals surface area contributed by atoms with Crippen LogP contribution in [0.5, 0.6) is 0 Å². The third-order valence-electron chi connectivity index (χ3n) is 3.41. The fraction of sp³-hybridized carbons (Fsp3) is 0.143. The molecule has 0 atom stereocenters. The fourth-order valence-corrected chi connectivity index (χ4v) is 2.44. The van der Waals surface area contributed by atoms with Crippen molar-refractivity contribution in [2.24, 2.45) is 0 Å². The Kier molecular flexibility index (Phi) is 2.71. The fourth-order valence-electron chi connectivity index (χ4n) is 2.44. The Bertz CT molecular complexity index is 718. The molecule has 1 aliphatic rings. The zero-order valence-corrected chi connectivity index (χ0v) is 10.6. The monoisotopic (exact) mass is 271 g/mol. The Labute approximate surface area is 114 Å². The van der Waals surface area contributed by atoms with Gasteiger partial charge in [-0.3, -0.25) is 4.79 Å². The van der Waals surface area contributed by atoms with Crippen LogP contribution in [0.3, 0.4) is 0 Å². The van der Waals surface area contributed by atoms with Gasteiger partial charge in [0.05, 0.1) is 11.4 Å². The lowest BCUT2D eigenvalue weighted by atomic mass is 9.98. The topological polar surface area (TPSA) is 108 Å². The summed E-state index contributed by atoms with van der Waals surface area (Å²) in [5, 5.41) is 12.0. The number of carbonyl (C=O) groups excluding carboxylic acids is 1. The molecule has 1 amide bonds. The van der Waals surface area contributed by atoms with Crippen LogP contribution in [-0.4, -0.2) is 22.0 Å². The van der Waals surface area contributed by atoms with Crippen molar-refractivity contribution >= 4 is 23.3 Å². The van der Waals surface area contributed by atoms with E-state index in [-0.39, 0.29) is 17.2 Å². The van der Waals surface area contributed by atoms with E-state index in [0.717, 1.165) is 16.8 Å². The van der Waals surface area contributed by atoms with Crippen molar-refractivity contribution in [1.29, 1.82) is 0 Å². The first-order valence-electron chi connectivity index (χ1n) is 6.19. The van der Waals surface area contributed by atoms with Gasteiger partial charge >= 0.3 is 5.97 Å². The van der Waals surface area contributed by atoms with Crippen molar-refractivity contribution in [2.75, 3.05) is 11.1 Å². The maximum atomic E-state index is 11.3. The molecule has 0 aliphatic carbocycles. The first-order valence-corrected chi connectivity index (χ1v) is 6.19. The number of H-pyrrole nitrogens is 1. The van der Waals surface area contributed by atoms with Crippen molar-refractivity contribution in [2.45, 2.75) is 12.8 Å². The van der Waals surface area contributed by atoms with Crippen LogP contribution in [0.2, 0.25) is 0 Å². The molecule has 1 aromatic carbocycles. The van der Waals surface area contributed by atoms with Crippen molar-refractivity contribution in [1.82, 2.24) is 4.98 Å². The Balaban J connectivity index is 2.08. The minimum Gasteiger partial charge on any atom is -0.478 e. The normalized spacial score (nSPS) is 13.7. The van der Waals surface area contributed by atoms with Gasteiger partial charge in [-0.1, -0.05) is 6.07 Å². The number of rotatable bonds is 2. The molecule has 0 unspecified atom stereocenters. The number of fused-ring (bicyclic) bond motifs is 1. The van der Waals surface area contributed by atoms with Gasteiger partial charge in [-0.15, -0.1) is 0 Å². The van der Waals surface area contributed by atoms with Gasteiger partial charge in [0.15, 0.2) is 0 Å². The molecular weight excluding hydrogens is 258 g/mol. The summed E-state index contributed by atoms with van der Waals surface area (Å²) in [4.78, 5) is 25.5. The maximum absolute atomic E-state index is 11.3. The van der Waals surface area contributed by atoms with Crippen molar-refractivity contribution in [3.8, 4) is 11.3 Å². The molecule has 1 aliphatic heterocycles. The van der Waals surface area contributed by atoms with E-state index in [0.29, 0.717) is 18.5 Å². The summed E-state index contributed by atoms with van der Waals surface area (Å²) in [5.41, 5.74) is 8.94. The SMILES string of the molecule is Nc1c[nH]c(-c2ccc3c(c2)CCC(=O)N3)c1C(=O)O. The zero-order chi connectivity index (χ0) is 14.3. The average molecular weight is 271 g/mol. The van der Waals surface area contributed by atoms with Crippen LogP contribution in [0, 0.1) is 0 Å². The smallest absolute Gasteiger partial charge is 0.340 e. The second kappa shape index (κ2) is 4.41. The molecule has 3 rings (SSSR count). The molecule has 0 fully saturated rings. The molecule has 0 radical (unpaired) electrons. The number of carboxylic acids is 1. The number of aromatic nitrogens is 1. The number of aryl methyl sites for hydroxylation is 1. The van der Waals surface area contributed by atoms with Gasteiger partial charge in [0.2, 0.25) is 5.91 Å². The molecule has 0 saturated carbocycles. The van der Waals surface area contributed by atoms with E-state index in [4.69, 9.17) is 5.73 Å². The predicted octanol–water partition coefficient (Wildman–Crippen LogP) is 1.85. The number of anilines is 2. The second-order valence-electron chi connectivity index (χ2n) is 4.72. The number of hydrogen-bond donors (Lipinski definition) is 4. The number of aromatic amines is 1. The Hall–Kier alpha value is -2.76. The highest BCUT2D eigenvalue weighted by Crippen LogP contribution is 2.31. The third-order valence-corrected chi connectivity index (χ3v) is 3.41. The third kappa shape index (κ3) is 1.91. The standard InChI is InChI=1S/C14H13N3O3/c15-9-6-16-13(12(9)14(19)20)8-1-3-10-7(5-8)2-4-11(18)17-10/h1,3,5-6,16H,2,4,15H2,(H,17,18)(H,19,20). The average Bonchev–Trinajstić information content (AvgIpc) is 2.80. The molecule has 5 N–H and O–H groups in total. The van der Waals surface area contributed by atoms with E-state index in [1.807, 2.05) is 6.07 Å². The predicted molar refractivity (Wildman–Crippen MR) is 74.6 cm³/mol. The summed E-state index contributed by atoms with van der Waals surface area (Å²) in [6, 6.07) is 5.43. The van der Waals surface area contributed by atoms with Crippen molar-refractivity contribution in [3.63, 3.8) is 0 Å². The van der Waals surface area contributed by atoms with Gasteiger partial charge < -0.3 is 21.1 Å². The highest BCUT2D eigenvalue weighted by atomic mass is 16.4. The van der Waals surface area contributed by atoms with Gasteiger partial charge in [-0.2, -0.15) is 0 Å². The molecular formula is C14H13N3O3. The number of carbonyl (C=O) groups is 2. The van der Waals surface area contributed by atoms with E-state index in [2.05, 4.69) is 10.3 Å². The summed E-state index contributed by atoms with van der Waals surface area (Å²) >= 11 is 0. The van der Waals surface area contributed by atoms with Crippen molar-refractivity contribution in [3.05, 3.63) is 35.5 Å². The van der Waals surface area contributed by atoms with Gasteiger partial charge in [-0.05, 0) is 29.7 Å². The molecule has 0 bridgehead atoms. The highest BCUT2D eigenvalue weighted by Gasteiger charge is 2.20. The minimum absolute atomic E-state index is 0.000549. The number of hydrogen-bond acceptors (Lipinski definition) is 3. The molecule has 1 aromatic heterocycles. The summed E-state index contributed by atoms with van der Waals surface area (Å²) in [5.74, 6) is -1.06. The first kappa shape index (κ1) is 12.3. The van der Waals surface area contributed by atoms with E-state index in [1.54, 1.807) is 12.1 Å². The van der Waals surface area contributed by atoms with Gasteiger partial charge in [0.1, 0.15) is 5.56 Å². The van der Waals surface area contributed by atoms with Crippen LogP contribution in [0.25, 0.3) is 11.3 Å². The Morgan fingerprint density at radius 1 is 1.30 bits per heavy atom. The molecule has 6 heteroatoms. The Morgan fingerprint density at radius 3 is 2.85 bits per heavy atom. The molecule has 2 heterocycles. The number of benzene rings is 1. The molecule has 0 spiro atoms. The first-order chi connectivity index (χ1) is 9.56. The van der Waals surface area contributed by atoms with E-state index in [9.17, 15) is 14.7 Å². The van der Waals surface area contributed by atoms with Crippen molar-refractivity contribution < 1.29 is 14.7 Å². The van der Waals surface area contributed by atoms with Crippen LogP contribution in [0.4, 0.5) is 11.4 Å². The maximum Gasteiger partial charge on any atom is 0.340 e. The van der Waals surface area contributed by atoms with E-state index < -0.39 is 5.97 Å². The number of amides is 1. The van der Waals surface area contributed by atoms with Gasteiger partial charge in [-0.25, -0.2) is 4.79 Å². The Morgan fingerprint density at radius 2 is 2.10 bits per heavy atom. The highest BCUT2D eigenvalue weighted by molar-refractivity contribution is 6.01. The molecule has 2 aromatic rings. The summed E-state index contributed by atoms with van der Waals surface area (Å²) in [7, 11) is 0. The number of aromatic carboxylic acids is 1. The van der Waals surface area contributed by atoms with E-state index in [1.165, 1.54) is 6.20 Å². The zero-order valence-electron chi connectivity index (χ0n) is 10.6. The van der Waals surface area contributed by atoms with Crippen LogP contribution < -0.4 is 11.1 Å². The summed E-state index contributed by atoms with van der Waals surface area (Å²) < 4.78 is 0. The molecule has 20 heavy (non-hydrogen) atoms. The quantitative estimate of drug-likeness (QED) is 0.668. The number of nitrogens with one attached hydrogen (secondary N) is 2. The largest absolute Gasteiger partial charge is 0.478 e. The summed E-state index contributed by atoms with van der Waals surface area (Å²) in [6.45, 7) is 0. The van der Waals surface area contributed by atoms with Crippen LogP contribution in [0.1, 0.15) is 22.3 Å². The lowest BCUT2D eigenvalue weighted by Gasteiger charge is -2.17. The number of nitrogen functional groups attached to an aromatic ring is 1. The van der Waals surface area contributed by atoms with Gasteiger partial charge in [0, 0.05) is 18.3 Å². The van der Waals surface area contributed by atoms with Crippen LogP contribution in [-0.2, 0) is 11.2 Å². The molecule has 0 saturated heterocycles. The molecule has 102 valence electrons. The van der Waals surface area contributed by atoms with Crippen LogP contribution >= 0.6 is 0 Å². The summed E-state index contributed by atoms with van der Waals surface area (Å²) in [6.07, 6.45) is 2.56.